The molecular weight excluding hydrogens is 244 g/mol. The fourth-order valence-electron chi connectivity index (χ4n) is 1.61. The maximum absolute atomic E-state index is 11.5. The first-order valence-corrected chi connectivity index (χ1v) is 7.45. The van der Waals surface area contributed by atoms with Crippen LogP contribution in [0.15, 0.2) is 0 Å². The van der Waals surface area contributed by atoms with Gasteiger partial charge < -0.3 is 9.47 Å². The molecule has 4 heteroatoms. The van der Waals surface area contributed by atoms with Gasteiger partial charge in [0.05, 0.1) is 12.7 Å². The van der Waals surface area contributed by atoms with Gasteiger partial charge in [-0.2, -0.15) is 0 Å². The monoisotopic (exact) mass is 272 g/mol. The van der Waals surface area contributed by atoms with Gasteiger partial charge >= 0.3 is 11.9 Å². The molecule has 0 saturated heterocycles. The number of hydrogen-bond acceptors (Lipinski definition) is 4. The van der Waals surface area contributed by atoms with Crippen molar-refractivity contribution in [3.05, 3.63) is 0 Å². The lowest BCUT2D eigenvalue weighted by atomic mass is 10.2. The molecule has 19 heavy (non-hydrogen) atoms. The quantitative estimate of drug-likeness (QED) is 0.426. The van der Waals surface area contributed by atoms with Crippen LogP contribution in [0.25, 0.3) is 0 Å². The second-order valence-electron chi connectivity index (χ2n) is 4.87. The molecule has 0 bridgehead atoms. The van der Waals surface area contributed by atoms with Crippen molar-refractivity contribution in [3.8, 4) is 0 Å². The predicted octanol–water partition coefficient (Wildman–Crippen LogP) is 3.62. The molecular formula is C15H28O4. The minimum atomic E-state index is -0.222. The maximum Gasteiger partial charge on any atom is 0.306 e. The summed E-state index contributed by atoms with van der Waals surface area (Å²) in [6.45, 7) is 6.54. The second kappa shape index (κ2) is 12.0. The van der Waals surface area contributed by atoms with E-state index in [1.165, 1.54) is 0 Å². The van der Waals surface area contributed by atoms with Gasteiger partial charge in [0.25, 0.3) is 0 Å². The molecule has 0 aromatic heterocycles. The fourth-order valence-corrected chi connectivity index (χ4v) is 1.61. The van der Waals surface area contributed by atoms with E-state index in [1.54, 1.807) is 0 Å². The Hall–Kier alpha value is -1.06. The molecule has 0 saturated carbocycles. The molecule has 0 N–H and O–H groups in total. The summed E-state index contributed by atoms with van der Waals surface area (Å²) in [7, 11) is 0. The third kappa shape index (κ3) is 11.7. The number of carbonyl (C=O) groups excluding carboxylic acids is 2. The van der Waals surface area contributed by atoms with Gasteiger partial charge in [-0.3, -0.25) is 9.59 Å². The maximum atomic E-state index is 11.5. The Kier molecular flexibility index (Phi) is 11.3. The Labute approximate surface area is 116 Å². The first kappa shape index (κ1) is 17.9. The van der Waals surface area contributed by atoms with Gasteiger partial charge in [-0.15, -0.1) is 0 Å². The number of carbonyl (C=O) groups is 2. The summed E-state index contributed by atoms with van der Waals surface area (Å²) in [6.07, 6.45) is 6.04. The minimum Gasteiger partial charge on any atom is -0.466 e. The molecule has 0 spiro atoms. The number of esters is 2. The van der Waals surface area contributed by atoms with Gasteiger partial charge in [-0.1, -0.05) is 33.1 Å². The van der Waals surface area contributed by atoms with E-state index in [9.17, 15) is 9.59 Å². The largest absolute Gasteiger partial charge is 0.466 e. The third-order valence-corrected chi connectivity index (χ3v) is 2.82. The summed E-state index contributed by atoms with van der Waals surface area (Å²) < 4.78 is 10.2. The van der Waals surface area contributed by atoms with E-state index in [0.29, 0.717) is 25.9 Å². The highest BCUT2D eigenvalue weighted by atomic mass is 16.5. The minimum absolute atomic E-state index is 0.0241. The van der Waals surface area contributed by atoms with Crippen LogP contribution in [-0.4, -0.2) is 24.6 Å². The van der Waals surface area contributed by atoms with Crippen LogP contribution in [0.4, 0.5) is 0 Å². The van der Waals surface area contributed by atoms with Crippen LogP contribution < -0.4 is 0 Å². The van der Waals surface area contributed by atoms with E-state index < -0.39 is 0 Å². The molecule has 0 aliphatic heterocycles. The van der Waals surface area contributed by atoms with Crippen LogP contribution in [0.3, 0.4) is 0 Å². The average molecular weight is 272 g/mol. The molecule has 112 valence electrons. The Balaban J connectivity index is 3.54. The highest BCUT2D eigenvalue weighted by Crippen LogP contribution is 2.07. The molecule has 0 aromatic rings. The summed E-state index contributed by atoms with van der Waals surface area (Å²) in [4.78, 5) is 22.8. The summed E-state index contributed by atoms with van der Waals surface area (Å²) in [6, 6.07) is 0. The number of unbranched alkanes of at least 4 members (excludes halogenated alkanes) is 2. The molecule has 0 fully saturated rings. The van der Waals surface area contributed by atoms with E-state index in [2.05, 4.69) is 6.92 Å². The Bertz CT molecular complexity index is 251. The molecule has 0 heterocycles. The lowest BCUT2D eigenvalue weighted by molar-refractivity contribution is -0.149. The zero-order valence-electron chi connectivity index (χ0n) is 12.6. The van der Waals surface area contributed by atoms with Gasteiger partial charge in [0, 0.05) is 12.8 Å². The molecule has 0 radical (unpaired) electrons. The molecule has 0 aliphatic rings. The lowest BCUT2D eigenvalue weighted by Gasteiger charge is -2.12. The second-order valence-corrected chi connectivity index (χ2v) is 4.87. The van der Waals surface area contributed by atoms with Crippen molar-refractivity contribution >= 4 is 11.9 Å². The first-order valence-electron chi connectivity index (χ1n) is 7.45. The van der Waals surface area contributed by atoms with Crippen molar-refractivity contribution in [2.75, 3.05) is 6.61 Å². The molecule has 1 unspecified atom stereocenters. The predicted molar refractivity (Wildman–Crippen MR) is 74.8 cm³/mol. The van der Waals surface area contributed by atoms with Crippen LogP contribution in [0.2, 0.25) is 0 Å². The third-order valence-electron chi connectivity index (χ3n) is 2.82. The Morgan fingerprint density at radius 2 is 1.58 bits per heavy atom. The summed E-state index contributed by atoms with van der Waals surface area (Å²) in [5.41, 5.74) is 0. The van der Waals surface area contributed by atoms with E-state index in [4.69, 9.17) is 9.47 Å². The zero-order chi connectivity index (χ0) is 14.5. The Morgan fingerprint density at radius 1 is 0.947 bits per heavy atom. The van der Waals surface area contributed by atoms with Gasteiger partial charge in [0.1, 0.15) is 0 Å². The van der Waals surface area contributed by atoms with Crippen molar-refractivity contribution in [1.82, 2.24) is 0 Å². The van der Waals surface area contributed by atoms with Crippen LogP contribution in [-0.2, 0) is 19.1 Å². The van der Waals surface area contributed by atoms with Crippen LogP contribution in [0, 0.1) is 0 Å². The highest BCUT2D eigenvalue weighted by molar-refractivity contribution is 5.72. The summed E-state index contributed by atoms with van der Waals surface area (Å²) in [5.74, 6) is -0.440. The number of rotatable bonds is 11. The smallest absolute Gasteiger partial charge is 0.306 e. The number of hydrogen-bond donors (Lipinski definition) is 0. The van der Waals surface area contributed by atoms with Crippen molar-refractivity contribution in [3.63, 3.8) is 0 Å². The van der Waals surface area contributed by atoms with Crippen molar-refractivity contribution in [2.24, 2.45) is 0 Å². The fraction of sp³-hybridized carbons (Fsp3) is 0.867. The van der Waals surface area contributed by atoms with Crippen molar-refractivity contribution < 1.29 is 19.1 Å². The van der Waals surface area contributed by atoms with Gasteiger partial charge in [0.2, 0.25) is 0 Å². The summed E-state index contributed by atoms with van der Waals surface area (Å²) in [5, 5.41) is 0. The van der Waals surface area contributed by atoms with E-state index in [1.807, 2.05) is 13.8 Å². The van der Waals surface area contributed by atoms with E-state index >= 15 is 0 Å². The summed E-state index contributed by atoms with van der Waals surface area (Å²) >= 11 is 0. The molecule has 4 nitrogen and oxygen atoms in total. The molecule has 0 rings (SSSR count). The van der Waals surface area contributed by atoms with Gasteiger partial charge in [-0.25, -0.2) is 0 Å². The average Bonchev–Trinajstić information content (AvgIpc) is 2.36. The van der Waals surface area contributed by atoms with Gasteiger partial charge in [-0.05, 0) is 26.2 Å². The van der Waals surface area contributed by atoms with E-state index in [-0.39, 0.29) is 18.0 Å². The number of ether oxygens (including phenoxy) is 2. The van der Waals surface area contributed by atoms with E-state index in [0.717, 1.165) is 32.1 Å². The molecule has 0 aliphatic carbocycles. The first-order chi connectivity index (χ1) is 9.10. The van der Waals surface area contributed by atoms with Gasteiger partial charge in [0.15, 0.2) is 0 Å². The molecule has 0 amide bonds. The van der Waals surface area contributed by atoms with Crippen LogP contribution in [0.5, 0.6) is 0 Å². The standard InChI is InChI=1S/C15H28O4/c1-4-6-9-13(3)19-15(17)11-8-10-14(16)18-12-7-5-2/h13H,4-12H2,1-3H3. The normalized spacial score (nSPS) is 11.9. The topological polar surface area (TPSA) is 52.6 Å². The highest BCUT2D eigenvalue weighted by Gasteiger charge is 2.10. The van der Waals surface area contributed by atoms with Crippen LogP contribution >= 0.6 is 0 Å². The van der Waals surface area contributed by atoms with Crippen molar-refractivity contribution in [2.45, 2.75) is 78.2 Å². The van der Waals surface area contributed by atoms with Crippen LogP contribution in [0.1, 0.15) is 72.1 Å². The Morgan fingerprint density at radius 3 is 2.21 bits per heavy atom. The van der Waals surface area contributed by atoms with Crippen molar-refractivity contribution in [1.29, 1.82) is 0 Å². The molecule has 0 aromatic carbocycles. The molecule has 1 atom stereocenters. The lowest BCUT2D eigenvalue weighted by Crippen LogP contribution is -2.15. The SMILES string of the molecule is CCCCOC(=O)CCCC(=O)OC(C)CCCC. The zero-order valence-corrected chi connectivity index (χ0v) is 12.6.